The molecule has 1 fully saturated rings. The van der Waals surface area contributed by atoms with Gasteiger partial charge in [0.1, 0.15) is 6.04 Å². The highest BCUT2D eigenvalue weighted by atomic mass is 19.4. The summed E-state index contributed by atoms with van der Waals surface area (Å²) in [5, 5.41) is 0. The summed E-state index contributed by atoms with van der Waals surface area (Å²) in [7, 11) is 1.47. The van der Waals surface area contributed by atoms with Crippen molar-refractivity contribution in [3.8, 4) is 0 Å². The van der Waals surface area contributed by atoms with Crippen LogP contribution in [0.4, 0.5) is 13.2 Å². The molecule has 0 bridgehead atoms. The topological polar surface area (TPSA) is 58.8 Å². The minimum absolute atomic E-state index is 0.0611. The summed E-state index contributed by atoms with van der Waals surface area (Å²) in [6.07, 6.45) is -3.48. The third-order valence-corrected chi connectivity index (χ3v) is 3.63. The fourth-order valence-corrected chi connectivity index (χ4v) is 2.59. The zero-order valence-electron chi connectivity index (χ0n) is 12.5. The van der Waals surface area contributed by atoms with E-state index in [0.29, 0.717) is 32.6 Å². The number of hydrogen-bond donors (Lipinski definition) is 1. The minimum atomic E-state index is -4.19. The molecule has 124 valence electrons. The number of carbonyl (C=O) groups excluding carboxylic acids is 1. The van der Waals surface area contributed by atoms with Crippen molar-refractivity contribution < 1.29 is 22.7 Å². The first kappa shape index (κ1) is 18.2. The van der Waals surface area contributed by atoms with Gasteiger partial charge in [-0.05, 0) is 18.9 Å². The van der Waals surface area contributed by atoms with Crippen LogP contribution in [0.1, 0.15) is 13.3 Å². The molecule has 2 unspecified atom stereocenters. The van der Waals surface area contributed by atoms with Crippen LogP contribution in [0.3, 0.4) is 0 Å². The van der Waals surface area contributed by atoms with E-state index >= 15 is 0 Å². The maximum absolute atomic E-state index is 12.4. The van der Waals surface area contributed by atoms with Gasteiger partial charge in [0.25, 0.3) is 0 Å². The van der Waals surface area contributed by atoms with E-state index < -0.39 is 18.8 Å². The molecule has 2 N–H and O–H groups in total. The van der Waals surface area contributed by atoms with Crippen LogP contribution in [0.5, 0.6) is 0 Å². The number of likely N-dealkylation sites (tertiary alicyclic amines) is 1. The van der Waals surface area contributed by atoms with E-state index in [9.17, 15) is 18.0 Å². The molecule has 0 aromatic rings. The molecule has 1 amide bonds. The predicted octanol–water partition coefficient (Wildman–Crippen LogP) is 0.693. The van der Waals surface area contributed by atoms with E-state index in [2.05, 4.69) is 0 Å². The van der Waals surface area contributed by atoms with Crippen LogP contribution in [-0.4, -0.2) is 74.4 Å². The zero-order valence-corrected chi connectivity index (χ0v) is 12.5. The highest BCUT2D eigenvalue weighted by Crippen LogP contribution is 2.21. The van der Waals surface area contributed by atoms with Crippen molar-refractivity contribution in [2.45, 2.75) is 25.6 Å². The van der Waals surface area contributed by atoms with Crippen LogP contribution < -0.4 is 5.73 Å². The largest absolute Gasteiger partial charge is 0.401 e. The number of nitrogens with zero attached hydrogens (tertiary/aromatic N) is 2. The molecule has 1 aliphatic rings. The van der Waals surface area contributed by atoms with Gasteiger partial charge in [0.2, 0.25) is 5.91 Å². The Bertz CT molecular complexity index is 339. The third-order valence-electron chi connectivity index (χ3n) is 3.63. The lowest BCUT2D eigenvalue weighted by Crippen LogP contribution is -2.45. The van der Waals surface area contributed by atoms with E-state index in [1.54, 1.807) is 11.8 Å². The quantitative estimate of drug-likeness (QED) is 0.752. The molecule has 1 heterocycles. The maximum Gasteiger partial charge on any atom is 0.401 e. The van der Waals surface area contributed by atoms with Gasteiger partial charge in [-0.25, -0.2) is 0 Å². The van der Waals surface area contributed by atoms with Gasteiger partial charge in [0.05, 0.1) is 13.2 Å². The van der Waals surface area contributed by atoms with E-state index in [0.717, 1.165) is 0 Å². The van der Waals surface area contributed by atoms with E-state index in [4.69, 9.17) is 10.5 Å². The van der Waals surface area contributed by atoms with Crippen molar-refractivity contribution in [3.63, 3.8) is 0 Å². The number of ether oxygens (including phenoxy) is 1. The maximum atomic E-state index is 12.4. The molecule has 21 heavy (non-hydrogen) atoms. The van der Waals surface area contributed by atoms with Gasteiger partial charge in [-0.2, -0.15) is 13.2 Å². The van der Waals surface area contributed by atoms with Gasteiger partial charge in [0.15, 0.2) is 0 Å². The van der Waals surface area contributed by atoms with Crippen LogP contribution in [0.15, 0.2) is 0 Å². The average molecular weight is 311 g/mol. The molecule has 0 aromatic carbocycles. The molecule has 1 saturated heterocycles. The SMILES string of the molecule is CCN(CC1CCN(C(=O)C(N)COC)C1)CC(F)(F)F. The van der Waals surface area contributed by atoms with Crippen LogP contribution >= 0.6 is 0 Å². The van der Waals surface area contributed by atoms with Gasteiger partial charge in [0, 0.05) is 26.7 Å². The van der Waals surface area contributed by atoms with E-state index in [-0.39, 0.29) is 18.4 Å². The number of amides is 1. The lowest BCUT2D eigenvalue weighted by atomic mass is 10.1. The first-order valence-corrected chi connectivity index (χ1v) is 7.09. The van der Waals surface area contributed by atoms with Crippen molar-refractivity contribution in [2.75, 3.05) is 46.4 Å². The molecule has 8 heteroatoms. The Balaban J connectivity index is 2.45. The Hall–Kier alpha value is -0.860. The number of methoxy groups -OCH3 is 1. The Morgan fingerprint density at radius 1 is 1.52 bits per heavy atom. The van der Waals surface area contributed by atoms with E-state index in [1.807, 2.05) is 0 Å². The van der Waals surface area contributed by atoms with Gasteiger partial charge in [-0.1, -0.05) is 6.92 Å². The third kappa shape index (κ3) is 6.19. The van der Waals surface area contributed by atoms with Crippen molar-refractivity contribution >= 4 is 5.91 Å². The first-order chi connectivity index (χ1) is 9.76. The number of nitrogens with two attached hydrogens (primary N) is 1. The van der Waals surface area contributed by atoms with Gasteiger partial charge >= 0.3 is 6.18 Å². The predicted molar refractivity (Wildman–Crippen MR) is 72.7 cm³/mol. The standard InChI is InChI=1S/C13H24F3N3O2/c1-3-18(9-13(14,15)16)6-10-4-5-19(7-10)12(20)11(17)8-21-2/h10-11H,3-9,17H2,1-2H3. The van der Waals surface area contributed by atoms with Crippen LogP contribution in [0, 0.1) is 5.92 Å². The number of halogens is 3. The van der Waals surface area contributed by atoms with Crippen molar-refractivity contribution in [3.05, 3.63) is 0 Å². The fourth-order valence-electron chi connectivity index (χ4n) is 2.59. The Kier molecular flexibility index (Phi) is 6.89. The smallest absolute Gasteiger partial charge is 0.383 e. The molecule has 0 spiro atoms. The number of alkyl halides is 3. The summed E-state index contributed by atoms with van der Waals surface area (Å²) < 4.78 is 42.1. The number of rotatable bonds is 7. The molecule has 0 radical (unpaired) electrons. The summed E-state index contributed by atoms with van der Waals surface area (Å²) in [6, 6.07) is -0.703. The Morgan fingerprint density at radius 2 is 2.19 bits per heavy atom. The highest BCUT2D eigenvalue weighted by molar-refractivity contribution is 5.82. The molecule has 0 aromatic heterocycles. The van der Waals surface area contributed by atoms with Crippen LogP contribution in [0.2, 0.25) is 0 Å². The molecule has 0 aliphatic carbocycles. The molecule has 5 nitrogen and oxygen atoms in total. The second kappa shape index (κ2) is 7.95. The molecule has 1 rings (SSSR count). The lowest BCUT2D eigenvalue weighted by Gasteiger charge is -2.25. The zero-order chi connectivity index (χ0) is 16.0. The second-order valence-electron chi connectivity index (χ2n) is 5.44. The monoisotopic (exact) mass is 311 g/mol. The minimum Gasteiger partial charge on any atom is -0.383 e. The molecule has 2 atom stereocenters. The van der Waals surface area contributed by atoms with Gasteiger partial charge in [-0.3, -0.25) is 9.69 Å². The van der Waals surface area contributed by atoms with Crippen LogP contribution in [0.25, 0.3) is 0 Å². The Morgan fingerprint density at radius 3 is 2.71 bits per heavy atom. The van der Waals surface area contributed by atoms with Crippen LogP contribution in [-0.2, 0) is 9.53 Å². The molecule has 1 aliphatic heterocycles. The average Bonchev–Trinajstić information content (AvgIpc) is 2.84. The van der Waals surface area contributed by atoms with Gasteiger partial charge < -0.3 is 15.4 Å². The van der Waals surface area contributed by atoms with Gasteiger partial charge in [-0.15, -0.1) is 0 Å². The summed E-state index contributed by atoms with van der Waals surface area (Å²) >= 11 is 0. The number of hydrogen-bond acceptors (Lipinski definition) is 4. The van der Waals surface area contributed by atoms with Crippen molar-refractivity contribution in [1.82, 2.24) is 9.80 Å². The highest BCUT2D eigenvalue weighted by Gasteiger charge is 2.34. The fraction of sp³-hybridized carbons (Fsp3) is 0.923. The van der Waals surface area contributed by atoms with E-state index in [1.165, 1.54) is 12.0 Å². The Labute approximate surface area is 123 Å². The summed E-state index contributed by atoms with van der Waals surface area (Å²) in [5.41, 5.74) is 5.69. The summed E-state index contributed by atoms with van der Waals surface area (Å²) in [4.78, 5) is 15.0. The first-order valence-electron chi connectivity index (χ1n) is 7.09. The lowest BCUT2D eigenvalue weighted by molar-refractivity contribution is -0.146. The summed E-state index contributed by atoms with van der Waals surface area (Å²) in [5.74, 6) is -0.135. The number of carbonyl (C=O) groups is 1. The molecular formula is C13H24F3N3O2. The van der Waals surface area contributed by atoms with Crippen molar-refractivity contribution in [2.24, 2.45) is 11.7 Å². The molecular weight excluding hydrogens is 287 g/mol. The normalized spacial score (nSPS) is 21.1. The van der Waals surface area contributed by atoms with Crippen molar-refractivity contribution in [1.29, 1.82) is 0 Å². The second-order valence-corrected chi connectivity index (χ2v) is 5.44. The molecule has 0 saturated carbocycles. The summed E-state index contributed by atoms with van der Waals surface area (Å²) in [6.45, 7) is 2.64.